The first-order valence-electron chi connectivity index (χ1n) is 13.5. The Kier molecular flexibility index (Phi) is 8.54. The average Bonchev–Trinajstić information content (AvgIpc) is 2.84. The lowest BCUT2D eigenvalue weighted by atomic mass is 9.75. The van der Waals surface area contributed by atoms with Crippen molar-refractivity contribution >= 4 is 29.5 Å². The summed E-state index contributed by atoms with van der Waals surface area (Å²) in [6.07, 6.45) is 3.19. The van der Waals surface area contributed by atoms with Crippen LogP contribution in [0, 0.1) is 17.8 Å². The minimum Gasteiger partial charge on any atom is -0.427 e. The van der Waals surface area contributed by atoms with Crippen molar-refractivity contribution in [1.82, 2.24) is 0 Å². The van der Waals surface area contributed by atoms with Crippen LogP contribution in [0.4, 0.5) is 0 Å². The molecule has 9 nitrogen and oxygen atoms in total. The van der Waals surface area contributed by atoms with Crippen LogP contribution in [-0.2, 0) is 25.7 Å². The standard InChI is InChI=1S/C31H34O9/c1-15(2)22-8-7-16(3)9-25(22)37-14-20-10-23-28(26(11-20)39-18(5)33)31(36)29-24(30(23)35)12-21(38-17(4)32)13-27(29)40-19(6)34/h10-13,15-16,22,25H,7-9,14H2,1-6H3/t16-,22+,25-/m1/s1. The van der Waals surface area contributed by atoms with E-state index in [9.17, 15) is 24.0 Å². The summed E-state index contributed by atoms with van der Waals surface area (Å²) < 4.78 is 22.1. The summed E-state index contributed by atoms with van der Waals surface area (Å²) in [6, 6.07) is 5.55. The maximum atomic E-state index is 13.8. The quantitative estimate of drug-likeness (QED) is 0.288. The highest BCUT2D eigenvalue weighted by Gasteiger charge is 2.38. The molecule has 1 fully saturated rings. The molecule has 2 aliphatic carbocycles. The number of benzene rings is 2. The number of ether oxygens (including phenoxy) is 4. The number of carbonyl (C=O) groups excluding carboxylic acids is 5. The van der Waals surface area contributed by atoms with Crippen LogP contribution >= 0.6 is 0 Å². The van der Waals surface area contributed by atoms with Crippen molar-refractivity contribution in [3.63, 3.8) is 0 Å². The fraction of sp³-hybridized carbons (Fsp3) is 0.452. The van der Waals surface area contributed by atoms with Crippen molar-refractivity contribution in [2.45, 2.75) is 73.5 Å². The molecule has 2 aliphatic rings. The summed E-state index contributed by atoms with van der Waals surface area (Å²) in [6.45, 7) is 10.3. The molecule has 0 N–H and O–H groups in total. The second kappa shape index (κ2) is 11.7. The van der Waals surface area contributed by atoms with Gasteiger partial charge in [0.05, 0.1) is 23.8 Å². The third-order valence-electron chi connectivity index (χ3n) is 7.38. The zero-order valence-corrected chi connectivity index (χ0v) is 23.6. The van der Waals surface area contributed by atoms with E-state index in [0.29, 0.717) is 23.3 Å². The molecule has 0 saturated heterocycles. The second-order valence-corrected chi connectivity index (χ2v) is 11.0. The molecule has 0 radical (unpaired) electrons. The second-order valence-electron chi connectivity index (χ2n) is 11.0. The predicted molar refractivity (Wildman–Crippen MR) is 144 cm³/mol. The molecule has 212 valence electrons. The Hall–Kier alpha value is -3.85. The Labute approximate surface area is 233 Å². The molecule has 9 heteroatoms. The maximum absolute atomic E-state index is 13.8. The largest absolute Gasteiger partial charge is 0.427 e. The Balaban J connectivity index is 1.78. The smallest absolute Gasteiger partial charge is 0.308 e. The van der Waals surface area contributed by atoms with Gasteiger partial charge in [0.15, 0.2) is 5.78 Å². The van der Waals surface area contributed by atoms with Crippen LogP contribution in [0.1, 0.15) is 98.2 Å². The van der Waals surface area contributed by atoms with Gasteiger partial charge in [0.2, 0.25) is 5.78 Å². The van der Waals surface area contributed by atoms with Crippen LogP contribution in [0.3, 0.4) is 0 Å². The molecule has 0 heterocycles. The van der Waals surface area contributed by atoms with E-state index >= 15 is 0 Å². The molecule has 0 aliphatic heterocycles. The third kappa shape index (κ3) is 6.14. The van der Waals surface area contributed by atoms with Gasteiger partial charge in [0.25, 0.3) is 0 Å². The Morgan fingerprint density at radius 3 is 1.95 bits per heavy atom. The number of rotatable bonds is 7. The monoisotopic (exact) mass is 550 g/mol. The Morgan fingerprint density at radius 1 is 0.800 bits per heavy atom. The summed E-state index contributed by atoms with van der Waals surface area (Å²) in [7, 11) is 0. The van der Waals surface area contributed by atoms with Gasteiger partial charge in [-0.05, 0) is 54.4 Å². The summed E-state index contributed by atoms with van der Waals surface area (Å²) in [5.41, 5.74) is 0.187. The molecule has 4 rings (SSSR count). The number of ketones is 2. The fourth-order valence-electron chi connectivity index (χ4n) is 5.65. The van der Waals surface area contributed by atoms with E-state index in [4.69, 9.17) is 18.9 Å². The Morgan fingerprint density at radius 2 is 1.38 bits per heavy atom. The van der Waals surface area contributed by atoms with Gasteiger partial charge in [-0.3, -0.25) is 24.0 Å². The lowest BCUT2D eigenvalue weighted by molar-refractivity contribution is -0.133. The van der Waals surface area contributed by atoms with Gasteiger partial charge in [0.1, 0.15) is 17.2 Å². The van der Waals surface area contributed by atoms with E-state index in [1.54, 1.807) is 6.07 Å². The van der Waals surface area contributed by atoms with E-state index in [0.717, 1.165) is 26.2 Å². The van der Waals surface area contributed by atoms with Gasteiger partial charge >= 0.3 is 17.9 Å². The highest BCUT2D eigenvalue weighted by atomic mass is 16.5. The number of esters is 3. The predicted octanol–water partition coefficient (Wildman–Crippen LogP) is 5.22. The summed E-state index contributed by atoms with van der Waals surface area (Å²) >= 11 is 0. The van der Waals surface area contributed by atoms with Crippen molar-refractivity contribution < 1.29 is 42.9 Å². The van der Waals surface area contributed by atoms with E-state index in [-0.39, 0.29) is 52.2 Å². The van der Waals surface area contributed by atoms with E-state index in [1.807, 2.05) is 0 Å². The normalized spacial score (nSPS) is 20.0. The Bertz CT molecular complexity index is 1390. The molecular formula is C31H34O9. The molecule has 0 unspecified atom stereocenters. The van der Waals surface area contributed by atoms with E-state index in [2.05, 4.69) is 20.8 Å². The zero-order chi connectivity index (χ0) is 29.3. The van der Waals surface area contributed by atoms with Crippen LogP contribution in [0.15, 0.2) is 24.3 Å². The van der Waals surface area contributed by atoms with Gasteiger partial charge < -0.3 is 18.9 Å². The topological polar surface area (TPSA) is 122 Å². The van der Waals surface area contributed by atoms with Gasteiger partial charge in [-0.2, -0.15) is 0 Å². The summed E-state index contributed by atoms with van der Waals surface area (Å²) in [5, 5.41) is 0. The molecule has 0 spiro atoms. The highest BCUT2D eigenvalue weighted by molar-refractivity contribution is 6.30. The molecule has 0 aromatic heterocycles. The molecular weight excluding hydrogens is 516 g/mol. The summed E-state index contributed by atoms with van der Waals surface area (Å²) in [4.78, 5) is 63.0. The van der Waals surface area contributed by atoms with Crippen LogP contribution in [0.2, 0.25) is 0 Å². The van der Waals surface area contributed by atoms with Crippen LogP contribution < -0.4 is 14.2 Å². The third-order valence-corrected chi connectivity index (χ3v) is 7.38. The van der Waals surface area contributed by atoms with Crippen molar-refractivity contribution in [3.8, 4) is 17.2 Å². The molecule has 40 heavy (non-hydrogen) atoms. The van der Waals surface area contributed by atoms with Crippen LogP contribution in [0.5, 0.6) is 17.2 Å². The zero-order valence-electron chi connectivity index (χ0n) is 23.6. The SMILES string of the molecule is CC(=O)Oc1cc(OC(C)=O)c2c(c1)C(=O)c1cc(CO[C@@H]3C[C@H](C)CC[C@H]3C(C)C)cc(OC(C)=O)c1C2=O. The molecule has 0 bridgehead atoms. The van der Waals surface area contributed by atoms with Crippen molar-refractivity contribution in [2.75, 3.05) is 0 Å². The van der Waals surface area contributed by atoms with Crippen molar-refractivity contribution in [3.05, 3.63) is 52.1 Å². The van der Waals surface area contributed by atoms with E-state index in [1.165, 1.54) is 32.0 Å². The lowest BCUT2D eigenvalue weighted by Crippen LogP contribution is -2.34. The summed E-state index contributed by atoms with van der Waals surface area (Å²) in [5.74, 6) is -2.30. The van der Waals surface area contributed by atoms with Crippen LogP contribution in [0.25, 0.3) is 0 Å². The van der Waals surface area contributed by atoms with Gasteiger partial charge in [-0.15, -0.1) is 0 Å². The highest BCUT2D eigenvalue weighted by Crippen LogP contribution is 2.41. The van der Waals surface area contributed by atoms with Gasteiger partial charge in [-0.25, -0.2) is 0 Å². The van der Waals surface area contributed by atoms with Crippen molar-refractivity contribution in [2.24, 2.45) is 17.8 Å². The molecule has 2 aromatic carbocycles. The number of hydrogen-bond acceptors (Lipinski definition) is 9. The first-order chi connectivity index (χ1) is 18.8. The first-order valence-corrected chi connectivity index (χ1v) is 13.5. The minimum absolute atomic E-state index is 0.0148. The minimum atomic E-state index is -0.738. The average molecular weight is 551 g/mol. The molecule has 2 aromatic rings. The van der Waals surface area contributed by atoms with Gasteiger partial charge in [-0.1, -0.05) is 27.2 Å². The first kappa shape index (κ1) is 29.1. The van der Waals surface area contributed by atoms with Gasteiger partial charge in [0, 0.05) is 38.0 Å². The van der Waals surface area contributed by atoms with E-state index < -0.39 is 29.5 Å². The fourth-order valence-corrected chi connectivity index (χ4v) is 5.65. The maximum Gasteiger partial charge on any atom is 0.308 e. The molecule has 1 saturated carbocycles. The number of hydrogen-bond donors (Lipinski definition) is 0. The van der Waals surface area contributed by atoms with Crippen LogP contribution in [-0.4, -0.2) is 35.6 Å². The number of carbonyl (C=O) groups is 5. The lowest BCUT2D eigenvalue weighted by Gasteiger charge is -2.37. The number of fused-ring (bicyclic) bond motifs is 2. The van der Waals surface area contributed by atoms with Crippen molar-refractivity contribution in [1.29, 1.82) is 0 Å². The molecule has 3 atom stereocenters. The molecule has 0 amide bonds.